The first-order valence-electron chi connectivity index (χ1n) is 8.22. The van der Waals surface area contributed by atoms with Gasteiger partial charge in [0.15, 0.2) is 0 Å². The van der Waals surface area contributed by atoms with Gasteiger partial charge in [0.1, 0.15) is 0 Å². The molecule has 0 fully saturated rings. The number of benzene rings is 1. The Balaban J connectivity index is 1.74. The molecule has 2 aromatic rings. The SMILES string of the molecule is C=C(Cl)CN(C(=O)CCc1cnn(C)c1)C1CCc2ccccc21. The molecule has 1 heterocycles. The first-order chi connectivity index (χ1) is 11.5. The van der Waals surface area contributed by atoms with Gasteiger partial charge in [0.2, 0.25) is 5.91 Å². The standard InChI is InChI=1S/C19H22ClN3O/c1-14(20)12-23(18-9-8-16-5-3-4-6-17(16)18)19(24)10-7-15-11-21-22(2)13-15/h3-6,11,13,18H,1,7-10,12H2,2H3. The average molecular weight is 344 g/mol. The molecule has 0 saturated carbocycles. The van der Waals surface area contributed by atoms with Crippen LogP contribution in [-0.4, -0.2) is 27.1 Å². The summed E-state index contributed by atoms with van der Waals surface area (Å²) in [6.45, 7) is 4.18. The molecule has 1 unspecified atom stereocenters. The van der Waals surface area contributed by atoms with Gasteiger partial charge in [-0.25, -0.2) is 0 Å². The van der Waals surface area contributed by atoms with Crippen LogP contribution in [0.15, 0.2) is 48.3 Å². The summed E-state index contributed by atoms with van der Waals surface area (Å²) in [5.41, 5.74) is 3.64. The van der Waals surface area contributed by atoms with E-state index in [1.165, 1.54) is 11.1 Å². The summed E-state index contributed by atoms with van der Waals surface area (Å²) >= 11 is 6.04. The molecule has 0 N–H and O–H groups in total. The number of carbonyl (C=O) groups excluding carboxylic acids is 1. The van der Waals surface area contributed by atoms with E-state index in [0.717, 1.165) is 18.4 Å². The monoisotopic (exact) mass is 343 g/mol. The maximum Gasteiger partial charge on any atom is 0.223 e. The molecule has 4 nitrogen and oxygen atoms in total. The van der Waals surface area contributed by atoms with Gasteiger partial charge in [0, 0.05) is 24.7 Å². The third-order valence-electron chi connectivity index (χ3n) is 4.53. The average Bonchev–Trinajstić information content (AvgIpc) is 3.16. The Morgan fingerprint density at radius 1 is 1.46 bits per heavy atom. The fourth-order valence-corrected chi connectivity index (χ4v) is 3.54. The summed E-state index contributed by atoms with van der Waals surface area (Å²) < 4.78 is 1.76. The Labute approximate surface area is 147 Å². The van der Waals surface area contributed by atoms with Crippen LogP contribution in [0.3, 0.4) is 0 Å². The van der Waals surface area contributed by atoms with E-state index in [9.17, 15) is 4.79 Å². The lowest BCUT2D eigenvalue weighted by Crippen LogP contribution is -2.35. The Hall–Kier alpha value is -2.07. The van der Waals surface area contributed by atoms with Crippen LogP contribution in [0.25, 0.3) is 0 Å². The molecule has 1 aromatic carbocycles. The van der Waals surface area contributed by atoms with Crippen molar-refractivity contribution >= 4 is 17.5 Å². The number of halogens is 1. The van der Waals surface area contributed by atoms with Crippen molar-refractivity contribution in [2.24, 2.45) is 7.05 Å². The number of amides is 1. The van der Waals surface area contributed by atoms with Crippen molar-refractivity contribution < 1.29 is 4.79 Å². The highest BCUT2D eigenvalue weighted by molar-refractivity contribution is 6.29. The highest BCUT2D eigenvalue weighted by atomic mass is 35.5. The fourth-order valence-electron chi connectivity index (χ4n) is 3.41. The van der Waals surface area contributed by atoms with Crippen LogP contribution in [0.1, 0.15) is 35.6 Å². The summed E-state index contributed by atoms with van der Waals surface area (Å²) in [6, 6.07) is 8.44. The van der Waals surface area contributed by atoms with E-state index in [-0.39, 0.29) is 11.9 Å². The normalized spacial score (nSPS) is 16.0. The quantitative estimate of drug-likeness (QED) is 0.803. The molecule has 0 radical (unpaired) electrons. The van der Waals surface area contributed by atoms with Crippen molar-refractivity contribution in [1.82, 2.24) is 14.7 Å². The number of aromatic nitrogens is 2. The highest BCUT2D eigenvalue weighted by Gasteiger charge is 2.30. The van der Waals surface area contributed by atoms with Crippen LogP contribution in [0.4, 0.5) is 0 Å². The van der Waals surface area contributed by atoms with Crippen molar-refractivity contribution in [1.29, 1.82) is 0 Å². The van der Waals surface area contributed by atoms with Crippen LogP contribution >= 0.6 is 11.6 Å². The van der Waals surface area contributed by atoms with Crippen LogP contribution in [0.5, 0.6) is 0 Å². The second-order valence-corrected chi connectivity index (χ2v) is 6.85. The summed E-state index contributed by atoms with van der Waals surface area (Å²) in [7, 11) is 1.88. The first-order valence-corrected chi connectivity index (χ1v) is 8.60. The third-order valence-corrected chi connectivity index (χ3v) is 4.65. The largest absolute Gasteiger partial charge is 0.330 e. The van der Waals surface area contributed by atoms with Crippen molar-refractivity contribution in [2.45, 2.75) is 31.7 Å². The molecule has 1 amide bonds. The predicted octanol–water partition coefficient (Wildman–Crippen LogP) is 3.62. The molecule has 5 heteroatoms. The lowest BCUT2D eigenvalue weighted by Gasteiger charge is -2.29. The van der Waals surface area contributed by atoms with Crippen molar-refractivity contribution in [3.63, 3.8) is 0 Å². The molecule has 1 atom stereocenters. The zero-order valence-electron chi connectivity index (χ0n) is 13.9. The lowest BCUT2D eigenvalue weighted by molar-refractivity contribution is -0.133. The lowest BCUT2D eigenvalue weighted by atomic mass is 10.1. The van der Waals surface area contributed by atoms with Crippen LogP contribution in [-0.2, 0) is 24.7 Å². The second-order valence-electron chi connectivity index (χ2n) is 6.31. The Bertz CT molecular complexity index is 753. The number of fused-ring (bicyclic) bond motifs is 1. The summed E-state index contributed by atoms with van der Waals surface area (Å²) in [6.07, 6.45) is 6.84. The van der Waals surface area contributed by atoms with Gasteiger partial charge in [-0.15, -0.1) is 0 Å². The molecule has 0 spiro atoms. The van der Waals surface area contributed by atoms with Gasteiger partial charge < -0.3 is 4.90 Å². The minimum absolute atomic E-state index is 0.0955. The van der Waals surface area contributed by atoms with E-state index in [1.807, 2.05) is 30.4 Å². The van der Waals surface area contributed by atoms with E-state index < -0.39 is 0 Å². The number of hydrogen-bond donors (Lipinski definition) is 0. The minimum Gasteiger partial charge on any atom is -0.330 e. The molecular weight excluding hydrogens is 322 g/mol. The maximum atomic E-state index is 12.9. The molecule has 1 aliphatic rings. The number of aryl methyl sites for hydroxylation is 3. The van der Waals surface area contributed by atoms with E-state index in [0.29, 0.717) is 24.4 Å². The fraction of sp³-hybridized carbons (Fsp3) is 0.368. The van der Waals surface area contributed by atoms with Crippen LogP contribution in [0.2, 0.25) is 0 Å². The molecule has 1 aliphatic carbocycles. The number of nitrogens with zero attached hydrogens (tertiary/aromatic N) is 3. The van der Waals surface area contributed by atoms with Gasteiger partial charge >= 0.3 is 0 Å². The molecule has 3 rings (SSSR count). The second kappa shape index (κ2) is 7.22. The predicted molar refractivity (Wildman–Crippen MR) is 95.7 cm³/mol. The Morgan fingerprint density at radius 3 is 2.96 bits per heavy atom. The van der Waals surface area contributed by atoms with Crippen molar-refractivity contribution in [2.75, 3.05) is 6.54 Å². The molecule has 0 saturated heterocycles. The topological polar surface area (TPSA) is 38.1 Å². The summed E-state index contributed by atoms with van der Waals surface area (Å²) in [5.74, 6) is 0.113. The zero-order chi connectivity index (χ0) is 17.1. The van der Waals surface area contributed by atoms with Gasteiger partial charge in [-0.2, -0.15) is 5.10 Å². The van der Waals surface area contributed by atoms with E-state index in [4.69, 9.17) is 11.6 Å². The molecular formula is C19H22ClN3O. The van der Waals surface area contributed by atoms with Gasteiger partial charge in [-0.05, 0) is 36.0 Å². The minimum atomic E-state index is 0.0955. The van der Waals surface area contributed by atoms with E-state index >= 15 is 0 Å². The summed E-state index contributed by atoms with van der Waals surface area (Å²) in [4.78, 5) is 14.7. The summed E-state index contributed by atoms with van der Waals surface area (Å²) in [5, 5.41) is 4.65. The van der Waals surface area contributed by atoms with Crippen molar-refractivity contribution in [3.05, 3.63) is 65.0 Å². The Kier molecular flexibility index (Phi) is 5.05. The molecule has 0 bridgehead atoms. The van der Waals surface area contributed by atoms with Crippen LogP contribution in [0, 0.1) is 0 Å². The van der Waals surface area contributed by atoms with Crippen LogP contribution < -0.4 is 0 Å². The maximum absolute atomic E-state index is 12.9. The number of rotatable bonds is 6. The van der Waals surface area contributed by atoms with Gasteiger partial charge in [0.25, 0.3) is 0 Å². The number of hydrogen-bond acceptors (Lipinski definition) is 2. The zero-order valence-corrected chi connectivity index (χ0v) is 14.7. The molecule has 126 valence electrons. The highest BCUT2D eigenvalue weighted by Crippen LogP contribution is 2.36. The molecule has 24 heavy (non-hydrogen) atoms. The van der Waals surface area contributed by atoms with Gasteiger partial charge in [0.05, 0.1) is 18.8 Å². The third kappa shape index (κ3) is 3.70. The van der Waals surface area contributed by atoms with Gasteiger partial charge in [-0.1, -0.05) is 42.4 Å². The van der Waals surface area contributed by atoms with E-state index in [2.05, 4.69) is 29.9 Å². The van der Waals surface area contributed by atoms with Crippen molar-refractivity contribution in [3.8, 4) is 0 Å². The van der Waals surface area contributed by atoms with E-state index in [1.54, 1.807) is 4.68 Å². The number of carbonyl (C=O) groups is 1. The first kappa shape index (κ1) is 16.8. The van der Waals surface area contributed by atoms with Gasteiger partial charge in [-0.3, -0.25) is 9.48 Å². The Morgan fingerprint density at radius 2 is 2.25 bits per heavy atom. The smallest absolute Gasteiger partial charge is 0.223 e. The molecule has 0 aliphatic heterocycles. The molecule has 1 aromatic heterocycles.